The van der Waals surface area contributed by atoms with Gasteiger partial charge in [0.2, 0.25) is 0 Å². The van der Waals surface area contributed by atoms with E-state index in [2.05, 4.69) is 64.9 Å². The molecule has 0 saturated carbocycles. The number of allylic oxidation sites excluding steroid dienone is 3. The van der Waals surface area contributed by atoms with Crippen LogP contribution in [0.25, 0.3) is 27.9 Å². The summed E-state index contributed by atoms with van der Waals surface area (Å²) >= 11 is 0. The number of benzene rings is 2. The van der Waals surface area contributed by atoms with Crippen LogP contribution in [0, 0.1) is 0 Å². The van der Waals surface area contributed by atoms with Gasteiger partial charge in [0.1, 0.15) is 5.82 Å². The fourth-order valence-electron chi connectivity index (χ4n) is 3.67. The number of pyridine rings is 1. The Morgan fingerprint density at radius 2 is 1.91 bits per heavy atom. The van der Waals surface area contributed by atoms with Crippen molar-refractivity contribution >= 4 is 22.3 Å². The fraction of sp³-hybridized carbons (Fsp3) is 0.179. The van der Waals surface area contributed by atoms with E-state index < -0.39 is 0 Å². The van der Waals surface area contributed by atoms with Crippen molar-refractivity contribution in [3.05, 3.63) is 102 Å². The third-order valence-corrected chi connectivity index (χ3v) is 5.31. The summed E-state index contributed by atoms with van der Waals surface area (Å²) in [6.45, 7) is 3.34. The van der Waals surface area contributed by atoms with E-state index in [9.17, 15) is 0 Å². The van der Waals surface area contributed by atoms with Crippen LogP contribution in [0.15, 0.2) is 91.3 Å². The van der Waals surface area contributed by atoms with Gasteiger partial charge in [-0.15, -0.1) is 0 Å². The standard InChI is InChI=1S/C28H28N4O/c1-3-8-22(15-18-33-2)23-12-13-26-25(19-23)28(30-17-14-21-9-5-4-6-10-21)32-27(31-26)24-11-7-16-29-20-24/h3-13,15-16,19-20H,14,17-18H2,1-2H3,(H,30,31,32)/b8-3-,22-15+. The van der Waals surface area contributed by atoms with E-state index in [0.717, 1.165) is 46.4 Å². The van der Waals surface area contributed by atoms with Gasteiger partial charge in [0.15, 0.2) is 5.82 Å². The van der Waals surface area contributed by atoms with E-state index in [1.165, 1.54) is 5.56 Å². The molecule has 1 N–H and O–H groups in total. The van der Waals surface area contributed by atoms with Gasteiger partial charge < -0.3 is 10.1 Å². The normalized spacial score (nSPS) is 11.9. The minimum Gasteiger partial charge on any atom is -0.381 e. The third kappa shape index (κ3) is 5.70. The van der Waals surface area contributed by atoms with Gasteiger partial charge in [-0.2, -0.15) is 0 Å². The van der Waals surface area contributed by atoms with Gasteiger partial charge in [0.25, 0.3) is 0 Å². The molecular weight excluding hydrogens is 408 g/mol. The summed E-state index contributed by atoms with van der Waals surface area (Å²) in [5.41, 5.74) is 5.27. The smallest absolute Gasteiger partial charge is 0.163 e. The largest absolute Gasteiger partial charge is 0.381 e. The van der Waals surface area contributed by atoms with Gasteiger partial charge in [-0.1, -0.05) is 54.6 Å². The molecular formula is C28H28N4O. The molecule has 2 aromatic heterocycles. The fourth-order valence-corrected chi connectivity index (χ4v) is 3.67. The van der Waals surface area contributed by atoms with E-state index in [0.29, 0.717) is 12.4 Å². The molecule has 0 saturated heterocycles. The number of nitrogens with zero attached hydrogens (tertiary/aromatic N) is 3. The number of ether oxygens (including phenoxy) is 1. The lowest BCUT2D eigenvalue weighted by atomic mass is 10.0. The van der Waals surface area contributed by atoms with Gasteiger partial charge >= 0.3 is 0 Å². The number of methoxy groups -OCH3 is 1. The molecule has 4 aromatic rings. The second kappa shape index (κ2) is 11.2. The molecule has 0 aliphatic rings. The van der Waals surface area contributed by atoms with Crippen molar-refractivity contribution < 1.29 is 4.74 Å². The molecule has 2 aromatic carbocycles. The molecule has 0 spiro atoms. The van der Waals surface area contributed by atoms with Crippen LogP contribution < -0.4 is 5.32 Å². The van der Waals surface area contributed by atoms with Crippen LogP contribution in [0.5, 0.6) is 0 Å². The van der Waals surface area contributed by atoms with E-state index >= 15 is 0 Å². The predicted molar refractivity (Wildman–Crippen MR) is 136 cm³/mol. The minimum absolute atomic E-state index is 0.552. The number of nitrogens with one attached hydrogen (secondary N) is 1. The lowest BCUT2D eigenvalue weighted by Crippen LogP contribution is -2.08. The summed E-state index contributed by atoms with van der Waals surface area (Å²) in [6.07, 6.45) is 10.7. The molecule has 0 aliphatic carbocycles. The Balaban J connectivity index is 1.74. The van der Waals surface area contributed by atoms with Crippen LogP contribution >= 0.6 is 0 Å². The molecule has 0 atom stereocenters. The lowest BCUT2D eigenvalue weighted by molar-refractivity contribution is 0.234. The van der Waals surface area contributed by atoms with Crippen molar-refractivity contribution in [2.45, 2.75) is 13.3 Å². The Kier molecular flexibility index (Phi) is 7.56. The number of rotatable bonds is 9. The highest BCUT2D eigenvalue weighted by Gasteiger charge is 2.11. The summed E-state index contributed by atoms with van der Waals surface area (Å²) in [5.74, 6) is 1.48. The molecule has 0 amide bonds. The second-order valence-electron chi connectivity index (χ2n) is 7.65. The number of hydrogen-bond donors (Lipinski definition) is 1. The molecule has 166 valence electrons. The molecule has 0 radical (unpaired) electrons. The van der Waals surface area contributed by atoms with E-state index in [1.807, 2.05) is 31.2 Å². The average molecular weight is 437 g/mol. The van der Waals surface area contributed by atoms with Gasteiger partial charge in [0.05, 0.1) is 12.1 Å². The monoisotopic (exact) mass is 436 g/mol. The molecule has 0 fully saturated rings. The van der Waals surface area contributed by atoms with Crippen molar-refractivity contribution in [3.63, 3.8) is 0 Å². The van der Waals surface area contributed by atoms with Crippen molar-refractivity contribution in [1.82, 2.24) is 15.0 Å². The first kappa shape index (κ1) is 22.4. The molecule has 0 unspecified atom stereocenters. The first-order valence-corrected chi connectivity index (χ1v) is 11.1. The van der Waals surface area contributed by atoms with Crippen molar-refractivity contribution in [1.29, 1.82) is 0 Å². The van der Waals surface area contributed by atoms with Crippen LogP contribution in [-0.2, 0) is 11.2 Å². The Hall–Kier alpha value is -3.83. The molecule has 5 nitrogen and oxygen atoms in total. The molecule has 33 heavy (non-hydrogen) atoms. The highest BCUT2D eigenvalue weighted by molar-refractivity contribution is 5.94. The van der Waals surface area contributed by atoms with Gasteiger partial charge in [-0.05, 0) is 54.3 Å². The summed E-state index contributed by atoms with van der Waals surface area (Å²) in [7, 11) is 1.70. The molecule has 2 heterocycles. The van der Waals surface area contributed by atoms with Crippen molar-refractivity contribution in [2.75, 3.05) is 25.6 Å². The van der Waals surface area contributed by atoms with Crippen LogP contribution in [0.1, 0.15) is 18.1 Å². The van der Waals surface area contributed by atoms with E-state index in [-0.39, 0.29) is 0 Å². The van der Waals surface area contributed by atoms with Gasteiger partial charge in [0, 0.05) is 37.0 Å². The Labute approximate surface area is 194 Å². The zero-order valence-electron chi connectivity index (χ0n) is 19.0. The second-order valence-corrected chi connectivity index (χ2v) is 7.65. The van der Waals surface area contributed by atoms with Gasteiger partial charge in [-0.25, -0.2) is 9.97 Å². The first-order chi connectivity index (χ1) is 16.3. The van der Waals surface area contributed by atoms with Crippen LogP contribution in [-0.4, -0.2) is 35.2 Å². The van der Waals surface area contributed by atoms with Crippen molar-refractivity contribution in [3.8, 4) is 11.4 Å². The summed E-state index contributed by atoms with van der Waals surface area (Å²) in [6, 6.07) is 20.6. The van der Waals surface area contributed by atoms with E-state index in [1.54, 1.807) is 19.5 Å². The molecule has 0 bridgehead atoms. The Morgan fingerprint density at radius 3 is 2.67 bits per heavy atom. The number of hydrogen-bond acceptors (Lipinski definition) is 5. The van der Waals surface area contributed by atoms with Crippen LogP contribution in [0.3, 0.4) is 0 Å². The Bertz CT molecular complexity index is 1250. The predicted octanol–water partition coefficient (Wildman–Crippen LogP) is 5.95. The number of anilines is 1. The average Bonchev–Trinajstić information content (AvgIpc) is 2.87. The molecule has 0 aliphatic heterocycles. The maximum Gasteiger partial charge on any atom is 0.163 e. The maximum atomic E-state index is 5.26. The van der Waals surface area contributed by atoms with E-state index in [4.69, 9.17) is 14.7 Å². The highest BCUT2D eigenvalue weighted by atomic mass is 16.5. The quantitative estimate of drug-likeness (QED) is 0.328. The number of aromatic nitrogens is 3. The maximum absolute atomic E-state index is 5.26. The lowest BCUT2D eigenvalue weighted by Gasteiger charge is -2.13. The van der Waals surface area contributed by atoms with Crippen LogP contribution in [0.4, 0.5) is 5.82 Å². The highest BCUT2D eigenvalue weighted by Crippen LogP contribution is 2.28. The summed E-state index contributed by atoms with van der Waals surface area (Å²) in [4.78, 5) is 13.9. The zero-order chi connectivity index (χ0) is 22.9. The number of fused-ring (bicyclic) bond motifs is 1. The Morgan fingerprint density at radius 1 is 1.03 bits per heavy atom. The topological polar surface area (TPSA) is 59.9 Å². The zero-order valence-corrected chi connectivity index (χ0v) is 19.0. The summed E-state index contributed by atoms with van der Waals surface area (Å²) in [5, 5.41) is 4.54. The third-order valence-electron chi connectivity index (χ3n) is 5.31. The molecule has 4 rings (SSSR count). The van der Waals surface area contributed by atoms with Crippen molar-refractivity contribution in [2.24, 2.45) is 0 Å². The first-order valence-electron chi connectivity index (χ1n) is 11.1. The van der Waals surface area contributed by atoms with Crippen LogP contribution in [0.2, 0.25) is 0 Å². The minimum atomic E-state index is 0.552. The molecule has 5 heteroatoms. The summed E-state index contributed by atoms with van der Waals surface area (Å²) < 4.78 is 5.26. The van der Waals surface area contributed by atoms with Gasteiger partial charge in [-0.3, -0.25) is 4.98 Å². The SMILES string of the molecule is C/C=C\C(=C/COC)c1ccc2nc(-c3cccnc3)nc(NCCc3ccccc3)c2c1.